The van der Waals surface area contributed by atoms with Crippen LogP contribution in [0.15, 0.2) is 0 Å². The third-order valence-corrected chi connectivity index (χ3v) is 25.0. The van der Waals surface area contributed by atoms with Gasteiger partial charge in [0, 0.05) is 58.3 Å². The van der Waals surface area contributed by atoms with Gasteiger partial charge in [0.05, 0.1) is 19.1 Å². The normalized spacial score (nSPS) is 12.8. The Hall–Kier alpha value is -3.26. The summed E-state index contributed by atoms with van der Waals surface area (Å²) in [5, 5.41) is 6.34. The first-order valence-corrected chi connectivity index (χ1v) is 52.3. The quantitative estimate of drug-likeness (QED) is 0.0336. The van der Waals surface area contributed by atoms with Gasteiger partial charge in [-0.15, -0.1) is 0 Å². The number of ether oxygens (including phenoxy) is 4. The minimum atomic E-state index is -0.0940. The lowest BCUT2D eigenvalue weighted by Gasteiger charge is -2.23. The van der Waals surface area contributed by atoms with Crippen LogP contribution in [-0.4, -0.2) is 123 Å². The van der Waals surface area contributed by atoms with Gasteiger partial charge in [0.15, 0.2) is 0 Å². The maximum absolute atomic E-state index is 13.8. The molecule has 0 spiro atoms. The first-order chi connectivity index (χ1) is 57.6. The molecule has 0 heterocycles. The molecule has 0 aromatic carbocycles. The van der Waals surface area contributed by atoms with E-state index in [9.17, 15) is 28.8 Å². The number of unbranched alkanes of at least 4 members (excludes halogenated alkanes) is 47. The summed E-state index contributed by atoms with van der Waals surface area (Å²) in [5.74, 6) is 0.999. The highest BCUT2D eigenvalue weighted by atomic mass is 16.6. The lowest BCUT2D eigenvalue weighted by Crippen LogP contribution is -2.37. The number of carbonyl (C=O) groups is 6. The third kappa shape index (κ3) is 81.1. The Balaban J connectivity index is 5.82. The van der Waals surface area contributed by atoms with Crippen LogP contribution >= 0.6 is 0 Å². The van der Waals surface area contributed by atoms with Gasteiger partial charge in [-0.1, -0.05) is 377 Å². The first kappa shape index (κ1) is 115. The lowest BCUT2D eigenvalue weighted by atomic mass is 9.88. The van der Waals surface area contributed by atoms with Gasteiger partial charge in [-0.3, -0.25) is 28.8 Å². The number of hydrogen-bond donors (Lipinski definition) is 2. The van der Waals surface area contributed by atoms with E-state index in [-0.39, 0.29) is 66.7 Å². The van der Waals surface area contributed by atoms with Crippen molar-refractivity contribution < 1.29 is 47.7 Å². The van der Waals surface area contributed by atoms with Gasteiger partial charge in [-0.25, -0.2) is 0 Å². The molecule has 0 fully saturated rings. The SMILES string of the molecule is CCCCCCCCC(CCCCCCCC)OC(=O)CCCCCCCN(CCCCCCCC(=O)OCC(C)CCCCCCC)CCNC(=O)CCC(=O)NCCN(CCCCCCCC(=O)OC(CCCCCCCC)CCCCCCCC)CCCCCCC(CC(C)CCCCCCC)C(=O)OCC(C)CCCCCCC. The van der Waals surface area contributed by atoms with E-state index in [1.165, 1.54) is 231 Å². The molecule has 2 amide bonds. The number of nitrogens with zero attached hydrogens (tertiary/aromatic N) is 2. The van der Waals surface area contributed by atoms with Crippen molar-refractivity contribution in [2.45, 2.75) is 544 Å². The topological polar surface area (TPSA) is 170 Å². The molecule has 0 saturated carbocycles. The molecule has 0 radical (unpaired) electrons. The van der Waals surface area contributed by atoms with E-state index in [1.807, 2.05) is 0 Å². The number of nitrogens with one attached hydrogen (secondary N) is 2. The van der Waals surface area contributed by atoms with E-state index in [1.54, 1.807) is 0 Å². The van der Waals surface area contributed by atoms with Crippen LogP contribution in [0.25, 0.3) is 0 Å². The van der Waals surface area contributed by atoms with E-state index in [2.05, 4.69) is 89.7 Å². The summed E-state index contributed by atoms with van der Waals surface area (Å²) in [6.45, 7) is 30.0. The largest absolute Gasteiger partial charge is 0.465 e. The van der Waals surface area contributed by atoms with E-state index in [0.717, 1.165) is 238 Å². The molecule has 2 N–H and O–H groups in total. The van der Waals surface area contributed by atoms with Crippen molar-refractivity contribution in [3.8, 4) is 0 Å². The van der Waals surface area contributed by atoms with E-state index in [0.29, 0.717) is 63.3 Å². The number of esters is 4. The zero-order valence-corrected chi connectivity index (χ0v) is 80.4. The molecular formula is C104H202N4O10. The Morgan fingerprint density at radius 3 is 0.805 bits per heavy atom. The van der Waals surface area contributed by atoms with Crippen molar-refractivity contribution >= 4 is 35.7 Å². The van der Waals surface area contributed by atoms with Crippen LogP contribution in [0.1, 0.15) is 532 Å². The van der Waals surface area contributed by atoms with Crippen molar-refractivity contribution in [2.75, 3.05) is 65.6 Å². The maximum atomic E-state index is 13.8. The van der Waals surface area contributed by atoms with Gasteiger partial charge in [-0.2, -0.15) is 0 Å². The number of carbonyl (C=O) groups excluding carboxylic acids is 6. The molecule has 4 unspecified atom stereocenters. The molecule has 4 atom stereocenters. The summed E-state index contributed by atoms with van der Waals surface area (Å²) in [5.41, 5.74) is 0. The summed E-state index contributed by atoms with van der Waals surface area (Å²) in [6.07, 6.45) is 79.8. The van der Waals surface area contributed by atoms with Crippen LogP contribution in [0.3, 0.4) is 0 Å². The Kier molecular flexibility index (Phi) is 87.5. The van der Waals surface area contributed by atoms with Crippen molar-refractivity contribution in [2.24, 2.45) is 23.7 Å². The Labute approximate surface area is 732 Å². The Morgan fingerprint density at radius 1 is 0.246 bits per heavy atom. The molecule has 0 bridgehead atoms. The van der Waals surface area contributed by atoms with Crippen molar-refractivity contribution in [1.29, 1.82) is 0 Å². The average molecular weight is 1670 g/mol. The maximum Gasteiger partial charge on any atom is 0.308 e. The van der Waals surface area contributed by atoms with Gasteiger partial charge in [-0.05, 0) is 166 Å². The van der Waals surface area contributed by atoms with Gasteiger partial charge >= 0.3 is 23.9 Å². The van der Waals surface area contributed by atoms with Crippen molar-refractivity contribution in [3.05, 3.63) is 0 Å². The molecule has 698 valence electrons. The van der Waals surface area contributed by atoms with Crippen LogP contribution in [-0.2, 0) is 47.7 Å². The zero-order valence-electron chi connectivity index (χ0n) is 80.4. The standard InChI is InChI=1S/C104H202N4O10/c1-11-18-25-32-42-58-73-97(74-59-43-33-26-19-12-2)117-102(112)78-63-47-37-51-66-85-107(84-65-50-36-46-62-77-101(111)115-91-94(9)70-55-40-30-23-16-6)88-82-105-99(109)80-81-100(110)106-83-89-108(86-67-52-38-48-64-79-103(113)118-98(75-60-44-34-27-20-13-3)76-61-45-35-28-21-14-4)87-68-53-49-57-72-96(90-93(8)69-54-39-29-22-15-5)104(114)116-92-95(10)71-56-41-31-24-17-7/h93-98H,11-92H2,1-10H3,(H,105,109)(H,106,110). The van der Waals surface area contributed by atoms with Crippen molar-refractivity contribution in [1.82, 2.24) is 20.4 Å². The second-order valence-corrected chi connectivity index (χ2v) is 37.3. The monoisotopic (exact) mass is 1670 g/mol. The highest BCUT2D eigenvalue weighted by Crippen LogP contribution is 2.27. The fourth-order valence-corrected chi connectivity index (χ4v) is 16.9. The fourth-order valence-electron chi connectivity index (χ4n) is 16.9. The van der Waals surface area contributed by atoms with Gasteiger partial charge < -0.3 is 39.4 Å². The fraction of sp³-hybridized carbons (Fsp3) is 0.942. The highest BCUT2D eigenvalue weighted by Gasteiger charge is 2.24. The van der Waals surface area contributed by atoms with Crippen LogP contribution in [0, 0.1) is 23.7 Å². The summed E-state index contributed by atoms with van der Waals surface area (Å²) < 4.78 is 24.1. The summed E-state index contributed by atoms with van der Waals surface area (Å²) in [4.78, 5) is 84.7. The third-order valence-electron chi connectivity index (χ3n) is 25.0. The second-order valence-electron chi connectivity index (χ2n) is 37.3. The summed E-state index contributed by atoms with van der Waals surface area (Å²) in [7, 11) is 0. The molecule has 0 aliphatic heterocycles. The predicted octanol–water partition coefficient (Wildman–Crippen LogP) is 29.5. The number of rotatable bonds is 95. The number of hydrogen-bond acceptors (Lipinski definition) is 12. The van der Waals surface area contributed by atoms with Crippen LogP contribution < -0.4 is 10.6 Å². The van der Waals surface area contributed by atoms with Gasteiger partial charge in [0.2, 0.25) is 11.8 Å². The minimum absolute atomic E-state index is 0.0163. The zero-order chi connectivity index (χ0) is 86.3. The molecule has 0 aromatic rings. The predicted molar refractivity (Wildman–Crippen MR) is 504 cm³/mol. The molecule has 0 aliphatic carbocycles. The average Bonchev–Trinajstić information content (AvgIpc) is 0.894. The molecule has 0 rings (SSSR count). The molecular weight excluding hydrogens is 1470 g/mol. The van der Waals surface area contributed by atoms with Gasteiger partial charge in [0.25, 0.3) is 0 Å². The summed E-state index contributed by atoms with van der Waals surface area (Å²) >= 11 is 0. The molecule has 14 heteroatoms. The Bertz CT molecular complexity index is 2150. The molecule has 14 nitrogen and oxygen atoms in total. The second kappa shape index (κ2) is 90.0. The smallest absolute Gasteiger partial charge is 0.308 e. The van der Waals surface area contributed by atoms with Gasteiger partial charge in [0.1, 0.15) is 12.2 Å². The van der Waals surface area contributed by atoms with E-state index < -0.39 is 0 Å². The number of amides is 2. The van der Waals surface area contributed by atoms with E-state index in [4.69, 9.17) is 18.9 Å². The first-order valence-electron chi connectivity index (χ1n) is 52.3. The molecule has 118 heavy (non-hydrogen) atoms. The van der Waals surface area contributed by atoms with Crippen LogP contribution in [0.5, 0.6) is 0 Å². The summed E-state index contributed by atoms with van der Waals surface area (Å²) in [6, 6.07) is 0. The minimum Gasteiger partial charge on any atom is -0.465 e. The lowest BCUT2D eigenvalue weighted by molar-refractivity contribution is -0.151. The van der Waals surface area contributed by atoms with Crippen LogP contribution in [0.4, 0.5) is 0 Å². The highest BCUT2D eigenvalue weighted by molar-refractivity contribution is 5.83. The molecule has 0 aromatic heterocycles. The van der Waals surface area contributed by atoms with E-state index >= 15 is 0 Å². The van der Waals surface area contributed by atoms with Crippen LogP contribution in [0.2, 0.25) is 0 Å². The Morgan fingerprint density at radius 2 is 0.492 bits per heavy atom. The molecule has 0 aliphatic rings. The van der Waals surface area contributed by atoms with Crippen molar-refractivity contribution in [3.63, 3.8) is 0 Å². The molecule has 0 saturated heterocycles.